The summed E-state index contributed by atoms with van der Waals surface area (Å²) in [6.45, 7) is 1.75. The van der Waals surface area contributed by atoms with E-state index in [1.54, 1.807) is 4.90 Å². The lowest BCUT2D eigenvalue weighted by atomic mass is 9.95. The van der Waals surface area contributed by atoms with Gasteiger partial charge in [0.05, 0.1) is 13.2 Å². The highest BCUT2D eigenvalue weighted by atomic mass is 35.5. The molecule has 8 nitrogen and oxygen atoms in total. The highest BCUT2D eigenvalue weighted by Gasteiger charge is 2.30. The first-order valence-electron chi connectivity index (χ1n) is 11.1. The minimum atomic E-state index is -0.320. The van der Waals surface area contributed by atoms with Crippen LogP contribution in [0.4, 0.5) is 0 Å². The van der Waals surface area contributed by atoms with Crippen LogP contribution in [0.3, 0.4) is 0 Å². The number of carbonyl (C=O) groups is 2. The maximum Gasteiger partial charge on any atom is 0.276 e. The van der Waals surface area contributed by atoms with E-state index in [0.717, 1.165) is 44.4 Å². The molecule has 0 aliphatic carbocycles. The molecule has 2 aliphatic heterocycles. The maximum absolute atomic E-state index is 13.2. The largest absolute Gasteiger partial charge is 0.494 e. The number of hydrogen-bond acceptors (Lipinski definition) is 6. The van der Waals surface area contributed by atoms with E-state index in [2.05, 4.69) is 17.1 Å². The molecule has 174 valence electrons. The molecule has 1 atom stereocenters. The third kappa shape index (κ3) is 5.81. The van der Waals surface area contributed by atoms with Gasteiger partial charge in [-0.2, -0.15) is 0 Å². The van der Waals surface area contributed by atoms with Crippen molar-refractivity contribution < 1.29 is 18.7 Å². The average molecular weight is 463 g/mol. The second-order valence-corrected chi connectivity index (χ2v) is 8.18. The lowest BCUT2D eigenvalue weighted by molar-refractivity contribution is -0.135. The van der Waals surface area contributed by atoms with Crippen LogP contribution >= 0.6 is 12.4 Å². The first-order valence-corrected chi connectivity index (χ1v) is 11.1. The molecular weight excluding hydrogens is 432 g/mol. The van der Waals surface area contributed by atoms with Crippen molar-refractivity contribution >= 4 is 24.2 Å². The first-order chi connectivity index (χ1) is 15.1. The molecule has 1 unspecified atom stereocenters. The van der Waals surface area contributed by atoms with E-state index in [4.69, 9.17) is 14.9 Å². The van der Waals surface area contributed by atoms with Crippen LogP contribution in [0.1, 0.15) is 54.0 Å². The smallest absolute Gasteiger partial charge is 0.276 e. The summed E-state index contributed by atoms with van der Waals surface area (Å²) < 4.78 is 11.1. The summed E-state index contributed by atoms with van der Waals surface area (Å²) in [6.07, 6.45) is 6.85. The predicted molar refractivity (Wildman–Crippen MR) is 122 cm³/mol. The monoisotopic (exact) mass is 462 g/mol. The van der Waals surface area contributed by atoms with Gasteiger partial charge in [0.1, 0.15) is 18.6 Å². The Hall–Kier alpha value is -2.58. The molecule has 2 aromatic rings. The second kappa shape index (κ2) is 11.3. The van der Waals surface area contributed by atoms with Gasteiger partial charge < -0.3 is 24.7 Å². The molecule has 1 fully saturated rings. The minimum absolute atomic E-state index is 0. The molecule has 0 saturated carbocycles. The fourth-order valence-electron chi connectivity index (χ4n) is 4.37. The fraction of sp³-hybridized carbons (Fsp3) is 0.522. The fourth-order valence-corrected chi connectivity index (χ4v) is 4.37. The Morgan fingerprint density at radius 2 is 2.06 bits per heavy atom. The molecule has 3 heterocycles. The topological polar surface area (TPSA) is 102 Å². The molecule has 1 aromatic carbocycles. The molecule has 4 rings (SSSR count). The molecule has 32 heavy (non-hydrogen) atoms. The van der Waals surface area contributed by atoms with Gasteiger partial charge in [0.15, 0.2) is 5.69 Å². The maximum atomic E-state index is 13.2. The molecule has 1 aromatic heterocycles. The van der Waals surface area contributed by atoms with E-state index in [0.29, 0.717) is 25.5 Å². The van der Waals surface area contributed by atoms with Crippen LogP contribution in [-0.4, -0.2) is 58.9 Å². The number of nitrogens with two attached hydrogens (primary N) is 1. The lowest BCUT2D eigenvalue weighted by Gasteiger charge is -2.37. The number of aromatic nitrogens is 1. The number of carbonyl (C=O) groups excluding carboxylic acids is 2. The van der Waals surface area contributed by atoms with Gasteiger partial charge >= 0.3 is 0 Å². The zero-order valence-electron chi connectivity index (χ0n) is 18.2. The molecule has 0 radical (unpaired) electrons. The zero-order chi connectivity index (χ0) is 21.6. The van der Waals surface area contributed by atoms with Crippen molar-refractivity contribution in [2.24, 2.45) is 5.73 Å². The molecule has 2 aliphatic rings. The summed E-state index contributed by atoms with van der Waals surface area (Å²) in [5, 5.41) is 0. The van der Waals surface area contributed by atoms with E-state index in [9.17, 15) is 9.59 Å². The zero-order valence-corrected chi connectivity index (χ0v) is 19.0. The number of halogens is 1. The van der Waals surface area contributed by atoms with Crippen LogP contribution < -0.4 is 10.5 Å². The summed E-state index contributed by atoms with van der Waals surface area (Å²) in [5.41, 5.74) is 6.95. The number of piperidine rings is 1. The number of hydrogen-bond donors (Lipinski definition) is 1. The third-order valence-electron chi connectivity index (χ3n) is 6.01. The Labute approximate surface area is 194 Å². The van der Waals surface area contributed by atoms with Crippen molar-refractivity contribution in [1.29, 1.82) is 0 Å². The Morgan fingerprint density at radius 1 is 1.19 bits per heavy atom. The average Bonchev–Trinajstić information content (AvgIpc) is 3.28. The van der Waals surface area contributed by atoms with Crippen molar-refractivity contribution in [2.75, 3.05) is 26.2 Å². The van der Waals surface area contributed by atoms with Gasteiger partial charge in [-0.3, -0.25) is 9.59 Å². The van der Waals surface area contributed by atoms with Crippen molar-refractivity contribution in [3.63, 3.8) is 0 Å². The molecule has 2 bridgehead atoms. The van der Waals surface area contributed by atoms with Gasteiger partial charge in [-0.1, -0.05) is 12.1 Å². The minimum Gasteiger partial charge on any atom is -0.494 e. The molecule has 2 amide bonds. The van der Waals surface area contributed by atoms with Gasteiger partial charge in [0.2, 0.25) is 11.8 Å². The Morgan fingerprint density at radius 3 is 2.88 bits per heavy atom. The van der Waals surface area contributed by atoms with Gasteiger partial charge in [0, 0.05) is 19.1 Å². The van der Waals surface area contributed by atoms with E-state index >= 15 is 0 Å². The number of ether oxygens (including phenoxy) is 1. The Kier molecular flexibility index (Phi) is 8.53. The van der Waals surface area contributed by atoms with Crippen LogP contribution in [0.2, 0.25) is 0 Å². The van der Waals surface area contributed by atoms with E-state index < -0.39 is 0 Å². The van der Waals surface area contributed by atoms with Gasteiger partial charge in [0.25, 0.3) is 5.91 Å². The Balaban J connectivity index is 0.00000289. The van der Waals surface area contributed by atoms with Gasteiger partial charge in [-0.05, 0) is 56.2 Å². The number of nitrogens with zero attached hydrogens (tertiary/aromatic N) is 3. The van der Waals surface area contributed by atoms with Crippen LogP contribution in [0, 0.1) is 0 Å². The summed E-state index contributed by atoms with van der Waals surface area (Å²) >= 11 is 0. The van der Waals surface area contributed by atoms with Crippen molar-refractivity contribution in [3.8, 4) is 5.75 Å². The normalized spacial score (nSPS) is 19.9. The third-order valence-corrected chi connectivity index (χ3v) is 6.01. The Bertz CT molecular complexity index is 919. The number of fused-ring (bicyclic) bond motifs is 3. The predicted octanol–water partition coefficient (Wildman–Crippen LogP) is 2.79. The van der Waals surface area contributed by atoms with Crippen LogP contribution in [-0.2, 0) is 17.8 Å². The second-order valence-electron chi connectivity index (χ2n) is 8.18. The molecule has 1 saturated heterocycles. The van der Waals surface area contributed by atoms with Crippen molar-refractivity contribution in [2.45, 2.75) is 51.1 Å². The van der Waals surface area contributed by atoms with Crippen molar-refractivity contribution in [1.82, 2.24) is 14.8 Å². The summed E-state index contributed by atoms with van der Waals surface area (Å²) in [6, 6.07) is 8.35. The first kappa shape index (κ1) is 24.1. The molecular formula is C23H31ClN4O4. The summed E-state index contributed by atoms with van der Waals surface area (Å²) in [7, 11) is 0. The summed E-state index contributed by atoms with van der Waals surface area (Å²) in [4.78, 5) is 34.0. The lowest BCUT2D eigenvalue weighted by Crippen LogP contribution is -2.49. The van der Waals surface area contributed by atoms with Gasteiger partial charge in [-0.25, -0.2) is 4.98 Å². The van der Waals surface area contributed by atoms with E-state index in [1.165, 1.54) is 11.8 Å². The number of rotatable bonds is 2. The van der Waals surface area contributed by atoms with E-state index in [-0.39, 0.29) is 49.0 Å². The molecule has 9 heteroatoms. The molecule has 2 N–H and O–H groups in total. The number of oxazole rings is 1. The highest BCUT2D eigenvalue weighted by Crippen LogP contribution is 2.24. The van der Waals surface area contributed by atoms with Gasteiger partial charge in [-0.15, -0.1) is 12.4 Å². The van der Waals surface area contributed by atoms with Crippen LogP contribution in [0.5, 0.6) is 5.75 Å². The quantitative estimate of drug-likeness (QED) is 0.736. The SMILES string of the molecule is Cl.NCc1nc(C(=O)N2CCCOc3cccc(c3)CCC3CCCCN3C(=O)C2)co1. The van der Waals surface area contributed by atoms with E-state index in [1.807, 2.05) is 17.0 Å². The number of aryl methyl sites for hydroxylation is 1. The molecule has 0 spiro atoms. The van der Waals surface area contributed by atoms with Crippen LogP contribution in [0.25, 0.3) is 0 Å². The highest BCUT2D eigenvalue weighted by molar-refractivity contribution is 5.94. The summed E-state index contributed by atoms with van der Waals surface area (Å²) in [5.74, 6) is 0.816. The number of amides is 2. The van der Waals surface area contributed by atoms with Crippen molar-refractivity contribution in [3.05, 3.63) is 47.7 Å². The van der Waals surface area contributed by atoms with Crippen LogP contribution in [0.15, 0.2) is 34.9 Å². The number of benzene rings is 1. The standard InChI is InChI=1S/C23H30N4O4.ClH/c24-14-21-25-20(16-31-21)23(29)26-10-4-12-30-19-7-3-5-17(13-19)8-9-18-6-1-2-11-27(18)22(28)15-26;/h3,5,7,13,16,18H,1-2,4,6,8-12,14-15,24H2;1H.